The van der Waals surface area contributed by atoms with Gasteiger partial charge in [-0.1, -0.05) is 6.07 Å². The number of nitrogen functional groups attached to an aromatic ring is 1. The number of carbonyl (C=O) groups is 1. The van der Waals surface area contributed by atoms with Gasteiger partial charge in [0.2, 0.25) is 15.9 Å². The number of aryl methyl sites for hydroxylation is 1. The summed E-state index contributed by atoms with van der Waals surface area (Å²) >= 11 is 0. The molecule has 36 heavy (non-hydrogen) atoms. The van der Waals surface area contributed by atoms with Crippen molar-refractivity contribution in [3.8, 4) is 11.3 Å². The zero-order valence-electron chi connectivity index (χ0n) is 19.4. The van der Waals surface area contributed by atoms with E-state index < -0.39 is 21.9 Å². The molecule has 0 spiro atoms. The molecule has 13 heteroatoms. The molecular formula is C23H27F3N6O3S. The summed E-state index contributed by atoms with van der Waals surface area (Å²) in [6, 6.07) is 4.25. The Hall–Kier alpha value is -3.19. The lowest BCUT2D eigenvalue weighted by Crippen LogP contribution is -2.49. The minimum Gasteiger partial charge on any atom is -0.381 e. The van der Waals surface area contributed by atoms with Crippen LogP contribution in [-0.4, -0.2) is 52.1 Å². The lowest BCUT2D eigenvalue weighted by atomic mass is 10.1. The number of rotatable bonds is 5. The maximum Gasteiger partial charge on any atom is 0.434 e. The number of fused-ring (bicyclic) bond motifs is 1. The van der Waals surface area contributed by atoms with Crippen molar-refractivity contribution in [2.75, 3.05) is 18.8 Å². The monoisotopic (exact) mass is 524 g/mol. The summed E-state index contributed by atoms with van der Waals surface area (Å²) in [5.74, 6) is -0.384. The molecule has 2 fully saturated rings. The van der Waals surface area contributed by atoms with E-state index in [9.17, 15) is 26.4 Å². The molecule has 1 atom stereocenters. The fraction of sp³-hybridized carbons (Fsp3) is 0.435. The van der Waals surface area contributed by atoms with Gasteiger partial charge in [-0.15, -0.1) is 0 Å². The number of amides is 1. The first-order chi connectivity index (χ1) is 16.9. The largest absolute Gasteiger partial charge is 0.434 e. The van der Waals surface area contributed by atoms with Gasteiger partial charge in [-0.2, -0.15) is 17.5 Å². The van der Waals surface area contributed by atoms with Crippen LogP contribution in [0.3, 0.4) is 0 Å². The number of hydrogen-bond donors (Lipinski definition) is 2. The van der Waals surface area contributed by atoms with Crippen molar-refractivity contribution in [1.29, 1.82) is 0 Å². The van der Waals surface area contributed by atoms with Crippen molar-refractivity contribution < 1.29 is 27.8 Å². The highest BCUT2D eigenvalue weighted by atomic mass is 32.2. The molecule has 194 valence electrons. The Morgan fingerprint density at radius 3 is 2.69 bits per heavy atom. The molecule has 1 amide bonds. The molecule has 1 aromatic carbocycles. The molecule has 9 nitrogen and oxygen atoms in total. The molecule has 1 aliphatic carbocycles. The molecule has 3 N–H and O–H groups in total. The van der Waals surface area contributed by atoms with E-state index in [1.165, 1.54) is 27.0 Å². The van der Waals surface area contributed by atoms with Gasteiger partial charge in [0.1, 0.15) is 0 Å². The molecule has 0 bridgehead atoms. The zero-order chi connectivity index (χ0) is 25.8. The molecule has 1 saturated heterocycles. The summed E-state index contributed by atoms with van der Waals surface area (Å²) in [7, 11) is -3.92. The highest BCUT2D eigenvalue weighted by Gasteiger charge is 2.36. The molecular weight excluding hydrogens is 497 g/mol. The number of nitrogens with two attached hydrogens (primary N) is 1. The maximum absolute atomic E-state index is 13.5. The second-order valence-corrected chi connectivity index (χ2v) is 11.2. The van der Waals surface area contributed by atoms with Gasteiger partial charge < -0.3 is 11.1 Å². The number of hydrogen-bond acceptors (Lipinski definition) is 6. The van der Waals surface area contributed by atoms with Crippen molar-refractivity contribution in [1.82, 2.24) is 24.0 Å². The van der Waals surface area contributed by atoms with Gasteiger partial charge in [0.25, 0.3) is 0 Å². The normalized spacial score (nSPS) is 19.5. The number of aromatic nitrogens is 3. The van der Waals surface area contributed by atoms with Crippen molar-refractivity contribution in [2.45, 2.75) is 49.7 Å². The summed E-state index contributed by atoms with van der Waals surface area (Å²) in [5, 5.41) is 2.95. The van der Waals surface area contributed by atoms with Crippen LogP contribution in [0.15, 0.2) is 35.5 Å². The molecule has 2 aliphatic rings. The first kappa shape index (κ1) is 24.5. The van der Waals surface area contributed by atoms with Crippen molar-refractivity contribution in [3.63, 3.8) is 0 Å². The molecule has 1 aliphatic heterocycles. The Balaban J connectivity index is 0.00000320. The van der Waals surface area contributed by atoms with Crippen LogP contribution < -0.4 is 11.1 Å². The van der Waals surface area contributed by atoms with Crippen LogP contribution in [0.2, 0.25) is 0 Å². The van der Waals surface area contributed by atoms with Crippen LogP contribution in [0.1, 0.15) is 38.4 Å². The Morgan fingerprint density at radius 2 is 2.00 bits per heavy atom. The van der Waals surface area contributed by atoms with E-state index in [-0.39, 0.29) is 47.9 Å². The van der Waals surface area contributed by atoms with E-state index >= 15 is 0 Å². The Labute approximate surface area is 207 Å². The predicted molar refractivity (Wildman–Crippen MR) is 127 cm³/mol. The van der Waals surface area contributed by atoms with Crippen LogP contribution in [0.5, 0.6) is 0 Å². The zero-order valence-corrected chi connectivity index (χ0v) is 20.2. The van der Waals surface area contributed by atoms with Crippen LogP contribution in [0.4, 0.5) is 19.0 Å². The summed E-state index contributed by atoms with van der Waals surface area (Å²) in [4.78, 5) is 19.7. The molecule has 3 aromatic rings. The Bertz CT molecular complexity index is 1460. The van der Waals surface area contributed by atoms with Gasteiger partial charge >= 0.3 is 6.18 Å². The number of imidazole rings is 1. The number of alkyl halides is 3. The summed E-state index contributed by atoms with van der Waals surface area (Å²) < 4.78 is 69.6. The average molecular weight is 525 g/mol. The third-order valence-electron chi connectivity index (χ3n) is 6.61. The number of nitrogens with one attached hydrogen (secondary N) is 1. The minimum absolute atomic E-state index is 0. The molecule has 1 unspecified atom stereocenters. The van der Waals surface area contributed by atoms with E-state index in [4.69, 9.17) is 5.73 Å². The SMILES string of the molecule is Cc1ccc(S(=O)(=O)N2CCCC(NC(=O)C3CC3)C2)cc1-c1cnc2c(N)nc(C(F)(F)F)cn12.[HH]. The van der Waals surface area contributed by atoms with Gasteiger partial charge in [0, 0.05) is 38.2 Å². The third kappa shape index (κ3) is 4.52. The lowest BCUT2D eigenvalue weighted by Gasteiger charge is -2.32. The standard InChI is InChI=1S/C23H25F3N6O3S.H2/c1-13-4-7-16(36(34,35)31-8-2-3-15(11-31)29-22(33)14-5-6-14)9-17(13)18-10-28-21-20(27)30-19(12-32(18)21)23(24,25)26;/h4,7,9-10,12,14-15H,2-3,5-6,8,11H2,1H3,(H2,27,30)(H,29,33);1H. The minimum atomic E-state index is -4.72. The number of sulfonamides is 1. The Kier molecular flexibility index (Phi) is 5.94. The molecule has 5 rings (SSSR count). The number of halogens is 3. The number of anilines is 1. The van der Waals surface area contributed by atoms with Crippen LogP contribution in [0.25, 0.3) is 16.9 Å². The van der Waals surface area contributed by atoms with Gasteiger partial charge in [-0.05, 0) is 50.3 Å². The van der Waals surface area contributed by atoms with Gasteiger partial charge in [-0.25, -0.2) is 18.4 Å². The third-order valence-corrected chi connectivity index (χ3v) is 8.47. The molecule has 0 radical (unpaired) electrons. The van der Waals surface area contributed by atoms with Crippen LogP contribution in [0, 0.1) is 12.8 Å². The maximum atomic E-state index is 13.5. The van der Waals surface area contributed by atoms with E-state index in [2.05, 4.69) is 15.3 Å². The van der Waals surface area contributed by atoms with E-state index in [1.807, 2.05) is 0 Å². The van der Waals surface area contributed by atoms with Gasteiger partial charge in [0.15, 0.2) is 17.2 Å². The molecule has 1 saturated carbocycles. The summed E-state index contributed by atoms with van der Waals surface area (Å²) in [6.07, 6.45) is 0.451. The topological polar surface area (TPSA) is 123 Å². The fourth-order valence-corrected chi connectivity index (χ4v) is 6.03. The molecule has 2 aromatic heterocycles. The van der Waals surface area contributed by atoms with Crippen molar-refractivity contribution in [2.24, 2.45) is 5.92 Å². The van der Waals surface area contributed by atoms with Crippen LogP contribution in [-0.2, 0) is 21.0 Å². The number of benzene rings is 1. The average Bonchev–Trinajstić information content (AvgIpc) is 3.59. The lowest BCUT2D eigenvalue weighted by molar-refractivity contribution is -0.141. The smallest absolute Gasteiger partial charge is 0.381 e. The second-order valence-electron chi connectivity index (χ2n) is 9.31. The fourth-order valence-electron chi connectivity index (χ4n) is 4.48. The van der Waals surface area contributed by atoms with Crippen molar-refractivity contribution in [3.05, 3.63) is 41.9 Å². The first-order valence-electron chi connectivity index (χ1n) is 11.6. The summed E-state index contributed by atoms with van der Waals surface area (Å²) in [6.45, 7) is 2.20. The Morgan fingerprint density at radius 1 is 1.25 bits per heavy atom. The van der Waals surface area contributed by atoms with E-state index in [0.717, 1.165) is 19.0 Å². The van der Waals surface area contributed by atoms with E-state index in [0.29, 0.717) is 30.5 Å². The quantitative estimate of drug-likeness (QED) is 0.528. The number of nitrogens with zero attached hydrogens (tertiary/aromatic N) is 4. The van der Waals surface area contributed by atoms with Crippen LogP contribution >= 0.6 is 0 Å². The first-order valence-corrected chi connectivity index (χ1v) is 13.0. The predicted octanol–water partition coefficient (Wildman–Crippen LogP) is 3.23. The highest BCUT2D eigenvalue weighted by Crippen LogP contribution is 2.34. The summed E-state index contributed by atoms with van der Waals surface area (Å²) in [5.41, 5.74) is 5.88. The van der Waals surface area contributed by atoms with Gasteiger partial charge in [0.05, 0.1) is 16.8 Å². The number of carbonyl (C=O) groups excluding carboxylic acids is 1. The second kappa shape index (κ2) is 8.73. The van der Waals surface area contributed by atoms with Crippen molar-refractivity contribution >= 4 is 27.4 Å². The van der Waals surface area contributed by atoms with E-state index in [1.54, 1.807) is 13.0 Å². The molecule has 3 heterocycles. The number of piperidine rings is 1. The van der Waals surface area contributed by atoms with Gasteiger partial charge in [-0.3, -0.25) is 9.20 Å². The highest BCUT2D eigenvalue weighted by molar-refractivity contribution is 7.89.